The van der Waals surface area contributed by atoms with Crippen LogP contribution in [0.5, 0.6) is 0 Å². The van der Waals surface area contributed by atoms with Crippen molar-refractivity contribution in [3.05, 3.63) is 58.7 Å². The SMILES string of the molecule is Cc1cc(-c2csc(NC(=O)C3CCCN3C(=O)C3CC3)n2)c(C)n1CCc1ccccc1. The molecule has 33 heavy (non-hydrogen) atoms. The number of nitrogens with one attached hydrogen (secondary N) is 1. The number of carbonyl (C=O) groups excluding carboxylic acids is 2. The van der Waals surface area contributed by atoms with Gasteiger partial charge in [-0.05, 0) is 57.6 Å². The first-order valence-corrected chi connectivity index (χ1v) is 12.7. The molecule has 1 N–H and O–H groups in total. The van der Waals surface area contributed by atoms with Crippen molar-refractivity contribution in [1.29, 1.82) is 0 Å². The van der Waals surface area contributed by atoms with Crippen LogP contribution in [0, 0.1) is 19.8 Å². The molecule has 2 fully saturated rings. The highest BCUT2D eigenvalue weighted by Crippen LogP contribution is 2.34. The Bertz CT molecular complexity index is 1160. The summed E-state index contributed by atoms with van der Waals surface area (Å²) >= 11 is 1.44. The highest BCUT2D eigenvalue weighted by Gasteiger charge is 2.41. The van der Waals surface area contributed by atoms with Crippen LogP contribution in [0.2, 0.25) is 0 Å². The van der Waals surface area contributed by atoms with Gasteiger partial charge >= 0.3 is 0 Å². The Kier molecular flexibility index (Phi) is 6.06. The van der Waals surface area contributed by atoms with E-state index in [4.69, 9.17) is 4.98 Å². The highest BCUT2D eigenvalue weighted by molar-refractivity contribution is 7.14. The Morgan fingerprint density at radius 3 is 2.70 bits per heavy atom. The molecular weight excluding hydrogens is 432 g/mol. The second-order valence-electron chi connectivity index (χ2n) is 9.16. The molecular formula is C26H30N4O2S. The molecule has 3 heterocycles. The zero-order valence-corrected chi connectivity index (χ0v) is 20.0. The molecule has 6 nitrogen and oxygen atoms in total. The van der Waals surface area contributed by atoms with Crippen LogP contribution in [0.25, 0.3) is 11.3 Å². The lowest BCUT2D eigenvalue weighted by atomic mass is 10.1. The number of amides is 2. The molecule has 1 aliphatic carbocycles. The fraction of sp³-hybridized carbons (Fsp3) is 0.423. The van der Waals surface area contributed by atoms with Crippen molar-refractivity contribution >= 4 is 28.3 Å². The summed E-state index contributed by atoms with van der Waals surface area (Å²) in [6, 6.07) is 12.3. The van der Waals surface area contributed by atoms with Gasteiger partial charge in [-0.15, -0.1) is 11.3 Å². The monoisotopic (exact) mass is 462 g/mol. The van der Waals surface area contributed by atoms with Crippen LogP contribution in [0.15, 0.2) is 41.8 Å². The molecule has 1 atom stereocenters. The van der Waals surface area contributed by atoms with Crippen molar-refractivity contribution in [2.75, 3.05) is 11.9 Å². The van der Waals surface area contributed by atoms with Gasteiger partial charge in [-0.25, -0.2) is 4.98 Å². The Morgan fingerprint density at radius 1 is 1.15 bits per heavy atom. The van der Waals surface area contributed by atoms with Crippen molar-refractivity contribution < 1.29 is 9.59 Å². The van der Waals surface area contributed by atoms with Crippen LogP contribution in [0.1, 0.15) is 42.6 Å². The van der Waals surface area contributed by atoms with E-state index in [0.717, 1.165) is 49.9 Å². The lowest BCUT2D eigenvalue weighted by molar-refractivity contribution is -0.137. The van der Waals surface area contributed by atoms with Gasteiger partial charge in [0.15, 0.2) is 5.13 Å². The van der Waals surface area contributed by atoms with Crippen molar-refractivity contribution in [2.24, 2.45) is 5.92 Å². The predicted octanol–water partition coefficient (Wildman–Crippen LogP) is 4.81. The van der Waals surface area contributed by atoms with E-state index in [0.29, 0.717) is 11.7 Å². The fourth-order valence-corrected chi connectivity index (χ4v) is 5.52. The number of nitrogens with zero attached hydrogens (tertiary/aromatic N) is 3. The Hall–Kier alpha value is -2.93. The summed E-state index contributed by atoms with van der Waals surface area (Å²) < 4.78 is 2.33. The van der Waals surface area contributed by atoms with E-state index in [1.54, 1.807) is 4.90 Å². The number of carbonyl (C=O) groups is 2. The summed E-state index contributed by atoms with van der Waals surface area (Å²) in [4.78, 5) is 31.9. The average Bonchev–Trinajstić information content (AvgIpc) is 3.24. The fourth-order valence-electron chi connectivity index (χ4n) is 4.80. The Labute approximate surface area is 198 Å². The zero-order valence-electron chi connectivity index (χ0n) is 19.2. The van der Waals surface area contributed by atoms with Gasteiger partial charge in [0.05, 0.1) is 5.69 Å². The van der Waals surface area contributed by atoms with Crippen LogP contribution in [0.4, 0.5) is 5.13 Å². The Morgan fingerprint density at radius 2 is 1.94 bits per heavy atom. The van der Waals surface area contributed by atoms with E-state index < -0.39 is 0 Å². The van der Waals surface area contributed by atoms with E-state index >= 15 is 0 Å². The van der Waals surface area contributed by atoms with E-state index in [9.17, 15) is 9.59 Å². The molecule has 0 bridgehead atoms. The number of benzene rings is 1. The lowest BCUT2D eigenvalue weighted by Crippen LogP contribution is -2.43. The minimum atomic E-state index is -0.367. The van der Waals surface area contributed by atoms with Gasteiger partial charge in [-0.2, -0.15) is 0 Å². The second kappa shape index (κ2) is 9.14. The maximum atomic E-state index is 12.9. The first-order chi connectivity index (χ1) is 16.0. The minimum absolute atomic E-state index is 0.115. The topological polar surface area (TPSA) is 67.2 Å². The van der Waals surface area contributed by atoms with E-state index in [2.05, 4.69) is 54.1 Å². The normalized spacial score (nSPS) is 18.0. The van der Waals surface area contributed by atoms with Gasteiger partial charge in [0.1, 0.15) is 6.04 Å². The summed E-state index contributed by atoms with van der Waals surface area (Å²) in [5.74, 6) is 0.174. The van der Waals surface area contributed by atoms with E-state index in [-0.39, 0.29) is 23.8 Å². The molecule has 7 heteroatoms. The number of hydrogen-bond donors (Lipinski definition) is 1. The summed E-state index contributed by atoms with van der Waals surface area (Å²) in [5.41, 5.74) is 5.70. The van der Waals surface area contributed by atoms with Gasteiger partial charge in [-0.3, -0.25) is 9.59 Å². The van der Waals surface area contributed by atoms with Gasteiger partial charge in [-0.1, -0.05) is 30.3 Å². The smallest absolute Gasteiger partial charge is 0.248 e. The molecule has 1 unspecified atom stereocenters. The number of aryl methyl sites for hydroxylation is 2. The predicted molar refractivity (Wildman–Crippen MR) is 131 cm³/mol. The van der Waals surface area contributed by atoms with Gasteiger partial charge in [0.2, 0.25) is 11.8 Å². The lowest BCUT2D eigenvalue weighted by Gasteiger charge is -2.23. The molecule has 3 aromatic rings. The molecule has 0 spiro atoms. The summed E-state index contributed by atoms with van der Waals surface area (Å²) in [5, 5.41) is 5.57. The average molecular weight is 463 g/mol. The second-order valence-corrected chi connectivity index (χ2v) is 10.0. The van der Waals surface area contributed by atoms with E-state index in [1.807, 2.05) is 11.4 Å². The molecule has 2 amide bonds. The molecule has 2 aromatic heterocycles. The Balaban J connectivity index is 1.26. The summed E-state index contributed by atoms with van der Waals surface area (Å²) in [7, 11) is 0. The molecule has 1 saturated carbocycles. The number of hydrogen-bond acceptors (Lipinski definition) is 4. The number of anilines is 1. The largest absolute Gasteiger partial charge is 0.348 e. The third kappa shape index (κ3) is 4.60. The van der Waals surface area contributed by atoms with Crippen molar-refractivity contribution in [2.45, 2.75) is 58.5 Å². The van der Waals surface area contributed by atoms with Crippen molar-refractivity contribution in [3.63, 3.8) is 0 Å². The van der Waals surface area contributed by atoms with E-state index in [1.165, 1.54) is 28.3 Å². The van der Waals surface area contributed by atoms with Crippen LogP contribution in [0.3, 0.4) is 0 Å². The quantitative estimate of drug-likeness (QED) is 0.548. The first-order valence-electron chi connectivity index (χ1n) is 11.8. The van der Waals surface area contributed by atoms with Crippen molar-refractivity contribution in [1.82, 2.24) is 14.5 Å². The van der Waals surface area contributed by atoms with Crippen LogP contribution in [-0.2, 0) is 22.6 Å². The first kappa shape index (κ1) is 21.9. The molecule has 0 radical (unpaired) electrons. The molecule has 1 aromatic carbocycles. The maximum Gasteiger partial charge on any atom is 0.248 e. The number of aromatic nitrogens is 2. The highest BCUT2D eigenvalue weighted by atomic mass is 32.1. The van der Waals surface area contributed by atoms with Crippen LogP contribution < -0.4 is 5.32 Å². The summed E-state index contributed by atoms with van der Waals surface area (Å²) in [6.07, 6.45) is 4.51. The van der Waals surface area contributed by atoms with Gasteiger partial charge in [0.25, 0.3) is 0 Å². The zero-order chi connectivity index (χ0) is 22.9. The molecule has 1 aliphatic heterocycles. The third-order valence-corrected chi connectivity index (χ3v) is 7.57. The third-order valence-electron chi connectivity index (χ3n) is 6.82. The number of likely N-dealkylation sites (tertiary alicyclic amines) is 1. The molecule has 172 valence electrons. The van der Waals surface area contributed by atoms with Gasteiger partial charge in [0, 0.05) is 41.3 Å². The van der Waals surface area contributed by atoms with Crippen LogP contribution in [-0.4, -0.2) is 38.9 Å². The molecule has 2 aliphatic rings. The number of thiazole rings is 1. The van der Waals surface area contributed by atoms with Gasteiger partial charge < -0.3 is 14.8 Å². The summed E-state index contributed by atoms with van der Waals surface area (Å²) in [6.45, 7) is 5.86. The van der Waals surface area contributed by atoms with Crippen molar-refractivity contribution in [3.8, 4) is 11.3 Å². The number of rotatable bonds is 7. The molecule has 5 rings (SSSR count). The maximum absolute atomic E-state index is 12.9. The standard InChI is InChI=1S/C26H30N4O2S/c1-17-15-21(18(2)29(17)14-12-19-7-4-3-5-8-19)22-16-33-26(27-22)28-24(31)23-9-6-13-30(23)25(32)20-10-11-20/h3-5,7-8,15-16,20,23H,6,9-14H2,1-2H3,(H,27,28,31). The van der Waals surface area contributed by atoms with Crippen LogP contribution >= 0.6 is 11.3 Å². The minimum Gasteiger partial charge on any atom is -0.348 e. The molecule has 1 saturated heterocycles.